The molecule has 6 rings (SSSR count). The van der Waals surface area contributed by atoms with Gasteiger partial charge >= 0.3 is 41.5 Å². The minimum Gasteiger partial charge on any atom is -0.494 e. The van der Waals surface area contributed by atoms with E-state index in [1.807, 2.05) is 6.92 Å². The number of nitrogens with zero attached hydrogens (tertiary/aromatic N) is 1. The molecule has 0 fully saturated rings. The van der Waals surface area contributed by atoms with Crippen molar-refractivity contribution in [3.63, 3.8) is 0 Å². The van der Waals surface area contributed by atoms with E-state index in [1.54, 1.807) is 72.8 Å². The van der Waals surface area contributed by atoms with Gasteiger partial charge in [-0.25, -0.2) is 28.8 Å². The number of unbranched alkanes of at least 4 members (excludes halogenated alkanes) is 21. The van der Waals surface area contributed by atoms with Crippen LogP contribution in [0.15, 0.2) is 153 Å². The zero-order valence-electron chi connectivity index (χ0n) is 58.1. The number of ether oxygens (including phenoxy) is 10. The third-order valence-electron chi connectivity index (χ3n) is 16.4. The number of nitrogen functional groups attached to an aromatic ring is 1. The summed E-state index contributed by atoms with van der Waals surface area (Å²) in [6, 6.07) is 32.4. The molecule has 0 spiro atoms. The van der Waals surface area contributed by atoms with E-state index in [-0.39, 0.29) is 87.9 Å². The van der Waals surface area contributed by atoms with Crippen LogP contribution in [0.1, 0.15) is 216 Å². The highest BCUT2D eigenvalue weighted by molar-refractivity contribution is 6.06. The van der Waals surface area contributed by atoms with Crippen LogP contribution in [-0.2, 0) is 23.8 Å². The molecule has 0 saturated carbocycles. The molecule has 0 radical (unpaired) electrons. The largest absolute Gasteiger partial charge is 0.494 e. The van der Waals surface area contributed by atoms with Gasteiger partial charge in [-0.05, 0) is 154 Å². The number of carbonyl (C=O) groups excluding carboxylic acids is 6. The molecule has 6 aromatic carbocycles. The van der Waals surface area contributed by atoms with Crippen molar-refractivity contribution in [2.75, 3.05) is 45.4 Å². The smallest absolute Gasteiger partial charge is 0.344 e. The molecule has 0 saturated heterocycles. The number of hydrogen-bond acceptors (Lipinski definition) is 19. The van der Waals surface area contributed by atoms with Crippen LogP contribution < -0.4 is 38.9 Å². The van der Waals surface area contributed by atoms with Crippen molar-refractivity contribution in [2.24, 2.45) is 0 Å². The lowest BCUT2D eigenvalue weighted by molar-refractivity contribution is -0.386. The Morgan fingerprint density at radius 1 is 0.430 bits per heavy atom. The topological polar surface area (TPSA) is 264 Å². The van der Waals surface area contributed by atoms with Crippen LogP contribution in [0.3, 0.4) is 0 Å². The van der Waals surface area contributed by atoms with Crippen LogP contribution in [-0.4, -0.2) is 86.5 Å². The minimum atomic E-state index is -0.942. The van der Waals surface area contributed by atoms with Crippen molar-refractivity contribution in [2.45, 2.75) is 180 Å². The summed E-state index contributed by atoms with van der Waals surface area (Å²) in [5.74, 6) is -1.75. The number of rotatable bonds is 50. The number of hydrogen-bond donors (Lipinski definition) is 1. The average molecular weight is 1380 g/mol. The summed E-state index contributed by atoms with van der Waals surface area (Å²) in [6.07, 6.45) is 28.6. The number of benzene rings is 6. The van der Waals surface area contributed by atoms with Gasteiger partial charge in [-0.3, -0.25) is 10.1 Å². The zero-order valence-corrected chi connectivity index (χ0v) is 58.1. The van der Waals surface area contributed by atoms with E-state index in [9.17, 15) is 38.9 Å². The van der Waals surface area contributed by atoms with Crippen molar-refractivity contribution < 1.29 is 81.1 Å². The Hall–Kier alpha value is -9.98. The first-order valence-corrected chi connectivity index (χ1v) is 35.2. The molecule has 0 aromatic heterocycles. The maximum Gasteiger partial charge on any atom is 0.344 e. The lowest BCUT2D eigenvalue weighted by Gasteiger charge is -2.16. The molecule has 6 aromatic rings. The number of nitro groups is 1. The molecular weight excluding hydrogens is 1280 g/mol. The fourth-order valence-electron chi connectivity index (χ4n) is 10.8. The van der Waals surface area contributed by atoms with Crippen LogP contribution in [0, 0.1) is 10.1 Å². The third kappa shape index (κ3) is 29.6. The highest BCUT2D eigenvalue weighted by Crippen LogP contribution is 2.38. The molecule has 0 amide bonds. The zero-order chi connectivity index (χ0) is 71.5. The maximum absolute atomic E-state index is 13.9. The van der Waals surface area contributed by atoms with Crippen molar-refractivity contribution in [3.8, 4) is 51.4 Å². The van der Waals surface area contributed by atoms with Gasteiger partial charge in [0.05, 0.1) is 59.7 Å². The second-order valence-corrected chi connectivity index (χ2v) is 24.4. The van der Waals surface area contributed by atoms with Crippen molar-refractivity contribution >= 4 is 47.2 Å². The van der Waals surface area contributed by atoms with Gasteiger partial charge in [-0.2, -0.15) is 0 Å². The molecule has 0 bridgehead atoms. The van der Waals surface area contributed by atoms with Gasteiger partial charge in [0.25, 0.3) is 0 Å². The minimum absolute atomic E-state index is 0.0411. The second-order valence-electron chi connectivity index (χ2n) is 24.4. The van der Waals surface area contributed by atoms with Crippen molar-refractivity contribution in [3.05, 3.63) is 185 Å². The Morgan fingerprint density at radius 3 is 1.28 bits per heavy atom. The lowest BCUT2D eigenvalue weighted by Crippen LogP contribution is -2.19. The highest BCUT2D eigenvalue weighted by Gasteiger charge is 2.25. The van der Waals surface area contributed by atoms with Gasteiger partial charge in [-0.1, -0.05) is 154 Å². The van der Waals surface area contributed by atoms with Crippen LogP contribution in [0.5, 0.6) is 40.2 Å². The number of esters is 6. The predicted molar refractivity (Wildman–Crippen MR) is 384 cm³/mol. The van der Waals surface area contributed by atoms with Crippen molar-refractivity contribution in [1.82, 2.24) is 0 Å². The normalized spacial score (nSPS) is 11.1. The van der Waals surface area contributed by atoms with E-state index in [4.69, 9.17) is 53.1 Å². The monoisotopic (exact) mass is 1370 g/mol. The molecule has 0 unspecified atom stereocenters. The van der Waals surface area contributed by atoms with Crippen LogP contribution in [0.4, 0.5) is 11.4 Å². The first-order valence-electron chi connectivity index (χ1n) is 35.2. The van der Waals surface area contributed by atoms with E-state index in [0.29, 0.717) is 54.8 Å². The highest BCUT2D eigenvalue weighted by atomic mass is 16.6. The van der Waals surface area contributed by atoms with Gasteiger partial charge < -0.3 is 53.1 Å². The van der Waals surface area contributed by atoms with Gasteiger partial charge in [0, 0.05) is 35.5 Å². The van der Waals surface area contributed by atoms with Crippen LogP contribution >= 0.6 is 0 Å². The molecule has 0 aliphatic rings. The third-order valence-corrected chi connectivity index (χ3v) is 16.4. The maximum atomic E-state index is 13.9. The number of nitrogens with two attached hydrogens (primary N) is 1. The van der Waals surface area contributed by atoms with Crippen LogP contribution in [0.25, 0.3) is 11.1 Å². The summed E-state index contributed by atoms with van der Waals surface area (Å²) in [6.45, 7) is 12.4. The Balaban J connectivity index is 0.982. The molecule has 0 aliphatic heterocycles. The summed E-state index contributed by atoms with van der Waals surface area (Å²) < 4.78 is 56.4. The van der Waals surface area contributed by atoms with Gasteiger partial charge in [0.15, 0.2) is 5.75 Å². The van der Waals surface area contributed by atoms with Gasteiger partial charge in [0.2, 0.25) is 0 Å². The molecule has 20 nitrogen and oxygen atoms in total. The number of anilines is 1. The van der Waals surface area contributed by atoms with E-state index >= 15 is 0 Å². The van der Waals surface area contributed by atoms with E-state index in [1.165, 1.54) is 98.9 Å². The fourth-order valence-corrected chi connectivity index (χ4v) is 10.8. The summed E-state index contributed by atoms with van der Waals surface area (Å²) >= 11 is 0. The molecule has 1 atom stereocenters. The second kappa shape index (κ2) is 45.6. The Morgan fingerprint density at radius 2 is 0.830 bits per heavy atom. The first-order chi connectivity index (χ1) is 48.6. The summed E-state index contributed by atoms with van der Waals surface area (Å²) in [5, 5.41) is 12.1. The summed E-state index contributed by atoms with van der Waals surface area (Å²) in [5.41, 5.74) is 7.16. The van der Waals surface area contributed by atoms with Crippen LogP contribution in [0.2, 0.25) is 0 Å². The summed E-state index contributed by atoms with van der Waals surface area (Å²) in [4.78, 5) is 88.6. The Bertz CT molecular complexity index is 3520. The van der Waals surface area contributed by atoms with Gasteiger partial charge in [-0.15, -0.1) is 0 Å². The molecule has 100 heavy (non-hydrogen) atoms. The number of carbonyl (C=O) groups is 6. The Kier molecular flexibility index (Phi) is 36.0. The number of nitro benzene ring substituents is 1. The molecule has 536 valence electrons. The molecule has 0 aliphatic carbocycles. The first kappa shape index (κ1) is 79.0. The molecule has 0 heterocycles. The van der Waals surface area contributed by atoms with E-state index < -0.39 is 28.8 Å². The standard InChI is InChI=1S/C80H98N2O18/c1-5-8-9-26-31-59(4)97-74-58-72(81)70(57-73(74)82(89)90)60-32-34-61(35-33-60)77(85)98-66-45-41-65(42-46-66)93-54-55-96-79(87)71-56-62(78(86)99-67-43-37-63(38-44-67)91-50-27-22-18-14-10-12-16-20-24-29-52-94-75(83)6-2)36-49-69(71)80(88)100-68-47-39-64(40-48-68)92-51-28-23-19-15-11-13-17-21-25-30-53-95-76(84)7-3/h6-7,32-49,56-59H,2-3,5,8-31,50-55,81H2,1,4H3/t59-/m0/s1. The van der Waals surface area contributed by atoms with Crippen molar-refractivity contribution in [1.29, 1.82) is 0 Å². The molecule has 20 heteroatoms. The van der Waals surface area contributed by atoms with E-state index in [0.717, 1.165) is 128 Å². The summed E-state index contributed by atoms with van der Waals surface area (Å²) in [7, 11) is 0. The Labute approximate surface area is 587 Å². The fraction of sp³-hybridized carbons (Fsp3) is 0.425. The molecular formula is C80H98N2O18. The molecule has 2 N–H and O–H groups in total. The quantitative estimate of drug-likeness (QED) is 0.00543. The predicted octanol–water partition coefficient (Wildman–Crippen LogP) is 18.5. The van der Waals surface area contributed by atoms with E-state index in [2.05, 4.69) is 20.1 Å². The lowest BCUT2D eigenvalue weighted by atomic mass is 10.0. The van der Waals surface area contributed by atoms with Gasteiger partial charge in [0.1, 0.15) is 47.7 Å². The SMILES string of the molecule is C=CC(=O)OCCCCCCCCCCCCOc1ccc(OC(=O)c2ccc(C(=O)Oc3ccc(OCCCCCCCCCCCCOC(=O)C=C)cc3)c(C(=O)OCCOc3ccc(OC(=O)c4ccc(-c5cc([N+](=O)[O-])c(O[C@@H](C)CCCCCC)cc5N)cc4)cc3)c2)cc1. The average Bonchev–Trinajstić information content (AvgIpc) is 0.807.